The van der Waals surface area contributed by atoms with Crippen LogP contribution in [0, 0.1) is 5.82 Å². The molecule has 0 saturated carbocycles. The van der Waals surface area contributed by atoms with Crippen LogP contribution in [0.15, 0.2) is 24.3 Å². The van der Waals surface area contributed by atoms with Crippen molar-refractivity contribution in [1.29, 1.82) is 0 Å². The number of rotatable bonds is 5. The minimum absolute atomic E-state index is 0. The predicted octanol–water partition coefficient (Wildman–Crippen LogP) is 2.38. The lowest BCUT2D eigenvalue weighted by Gasteiger charge is -2.11. The molecule has 0 unspecified atom stereocenters. The number of hydrogen-bond donors (Lipinski definition) is 2. The number of benzene rings is 1. The van der Waals surface area contributed by atoms with Gasteiger partial charge in [0.05, 0.1) is 0 Å². The van der Waals surface area contributed by atoms with Gasteiger partial charge in [-0.2, -0.15) is 0 Å². The minimum Gasteiger partial charge on any atom is -0.330 e. The zero-order valence-electron chi connectivity index (χ0n) is 8.66. The minimum atomic E-state index is -0.220. The largest absolute Gasteiger partial charge is 0.330 e. The van der Waals surface area contributed by atoms with Crippen molar-refractivity contribution in [2.24, 2.45) is 11.5 Å². The average molecular weight is 233 g/mol. The first-order valence-corrected chi connectivity index (χ1v) is 4.95. The van der Waals surface area contributed by atoms with Gasteiger partial charge in [0.15, 0.2) is 0 Å². The molecule has 0 aliphatic rings. The Balaban J connectivity index is 0.00000196. The first kappa shape index (κ1) is 14.4. The van der Waals surface area contributed by atoms with Gasteiger partial charge in [0.25, 0.3) is 0 Å². The van der Waals surface area contributed by atoms with E-state index in [0.29, 0.717) is 6.54 Å². The van der Waals surface area contributed by atoms with E-state index in [9.17, 15) is 4.39 Å². The number of hydrogen-bond acceptors (Lipinski definition) is 2. The van der Waals surface area contributed by atoms with Gasteiger partial charge in [-0.25, -0.2) is 4.39 Å². The summed E-state index contributed by atoms with van der Waals surface area (Å²) in [6, 6.07) is 6.36. The van der Waals surface area contributed by atoms with Crippen LogP contribution in [0.3, 0.4) is 0 Å². The van der Waals surface area contributed by atoms with Gasteiger partial charge in [0, 0.05) is 6.04 Å². The fourth-order valence-corrected chi connectivity index (χ4v) is 1.39. The van der Waals surface area contributed by atoms with Gasteiger partial charge in [-0.1, -0.05) is 18.6 Å². The molecule has 0 saturated heterocycles. The van der Waals surface area contributed by atoms with Crippen molar-refractivity contribution >= 4 is 12.4 Å². The summed E-state index contributed by atoms with van der Waals surface area (Å²) >= 11 is 0. The van der Waals surface area contributed by atoms with Crippen molar-refractivity contribution in [1.82, 2.24) is 0 Å². The lowest BCUT2D eigenvalue weighted by Crippen LogP contribution is -2.11. The molecule has 1 rings (SSSR count). The second-order valence-corrected chi connectivity index (χ2v) is 3.44. The molecule has 0 heterocycles. The van der Waals surface area contributed by atoms with Crippen LogP contribution in [0.1, 0.15) is 30.9 Å². The zero-order valence-corrected chi connectivity index (χ0v) is 9.47. The van der Waals surface area contributed by atoms with E-state index in [-0.39, 0.29) is 24.3 Å². The van der Waals surface area contributed by atoms with Crippen molar-refractivity contribution in [2.75, 3.05) is 6.54 Å². The summed E-state index contributed by atoms with van der Waals surface area (Å²) in [5.74, 6) is -0.220. The SMILES string of the molecule is Cl.NCCCC[C@@H](N)c1ccc(F)cc1. The van der Waals surface area contributed by atoms with Crippen molar-refractivity contribution in [2.45, 2.75) is 25.3 Å². The number of halogens is 2. The molecule has 0 aromatic heterocycles. The molecule has 0 spiro atoms. The Labute approximate surface area is 96.3 Å². The van der Waals surface area contributed by atoms with Crippen LogP contribution < -0.4 is 11.5 Å². The standard InChI is InChI=1S/C11H17FN2.ClH/c12-10-6-4-9(5-7-10)11(14)3-1-2-8-13;/h4-7,11H,1-3,8,13-14H2;1H/t11-;/m1./s1. The molecule has 4 N–H and O–H groups in total. The van der Waals surface area contributed by atoms with Crippen LogP contribution in [-0.4, -0.2) is 6.54 Å². The normalized spacial score (nSPS) is 11.9. The molecule has 0 fully saturated rings. The molecule has 1 aromatic carbocycles. The third-order valence-electron chi connectivity index (χ3n) is 2.27. The van der Waals surface area contributed by atoms with E-state index in [1.54, 1.807) is 12.1 Å². The summed E-state index contributed by atoms with van der Waals surface area (Å²) in [6.07, 6.45) is 2.92. The summed E-state index contributed by atoms with van der Waals surface area (Å²) in [5, 5.41) is 0. The highest BCUT2D eigenvalue weighted by Crippen LogP contribution is 2.16. The first-order valence-electron chi connectivity index (χ1n) is 4.95. The number of nitrogens with two attached hydrogens (primary N) is 2. The highest BCUT2D eigenvalue weighted by molar-refractivity contribution is 5.85. The van der Waals surface area contributed by atoms with Crippen molar-refractivity contribution < 1.29 is 4.39 Å². The third kappa shape index (κ3) is 5.11. The number of unbranched alkanes of at least 4 members (excludes halogenated alkanes) is 1. The molecular weight excluding hydrogens is 215 g/mol. The molecule has 15 heavy (non-hydrogen) atoms. The Morgan fingerprint density at radius 1 is 1.13 bits per heavy atom. The van der Waals surface area contributed by atoms with E-state index in [1.165, 1.54) is 12.1 Å². The Morgan fingerprint density at radius 3 is 2.27 bits per heavy atom. The fourth-order valence-electron chi connectivity index (χ4n) is 1.39. The monoisotopic (exact) mass is 232 g/mol. The maximum Gasteiger partial charge on any atom is 0.123 e. The maximum absolute atomic E-state index is 12.6. The molecular formula is C11H18ClFN2. The highest BCUT2D eigenvalue weighted by atomic mass is 35.5. The summed E-state index contributed by atoms with van der Waals surface area (Å²) in [7, 11) is 0. The van der Waals surface area contributed by atoms with Crippen LogP contribution in [0.4, 0.5) is 4.39 Å². The predicted molar refractivity (Wildman–Crippen MR) is 63.5 cm³/mol. The molecule has 4 heteroatoms. The average Bonchev–Trinajstić information content (AvgIpc) is 2.19. The summed E-state index contributed by atoms with van der Waals surface area (Å²) in [4.78, 5) is 0. The van der Waals surface area contributed by atoms with E-state index >= 15 is 0 Å². The van der Waals surface area contributed by atoms with E-state index in [0.717, 1.165) is 24.8 Å². The van der Waals surface area contributed by atoms with Gasteiger partial charge in [-0.05, 0) is 37.1 Å². The Kier molecular flexibility index (Phi) is 7.30. The van der Waals surface area contributed by atoms with E-state index < -0.39 is 0 Å². The van der Waals surface area contributed by atoms with Crippen LogP contribution in [-0.2, 0) is 0 Å². The van der Waals surface area contributed by atoms with E-state index in [2.05, 4.69) is 0 Å². The van der Waals surface area contributed by atoms with Crippen molar-refractivity contribution in [3.05, 3.63) is 35.6 Å². The lowest BCUT2D eigenvalue weighted by molar-refractivity contribution is 0.586. The summed E-state index contributed by atoms with van der Waals surface area (Å²) in [5.41, 5.74) is 12.3. The van der Waals surface area contributed by atoms with Gasteiger partial charge in [0.2, 0.25) is 0 Å². The molecule has 0 amide bonds. The summed E-state index contributed by atoms with van der Waals surface area (Å²) < 4.78 is 12.6. The van der Waals surface area contributed by atoms with Crippen LogP contribution in [0.25, 0.3) is 0 Å². The quantitative estimate of drug-likeness (QED) is 0.766. The second kappa shape index (κ2) is 7.63. The zero-order chi connectivity index (χ0) is 10.4. The Bertz CT molecular complexity index is 264. The van der Waals surface area contributed by atoms with E-state index in [1.807, 2.05) is 0 Å². The second-order valence-electron chi connectivity index (χ2n) is 3.44. The van der Waals surface area contributed by atoms with Gasteiger partial charge in [0.1, 0.15) is 5.82 Å². The molecule has 2 nitrogen and oxygen atoms in total. The molecule has 0 aliphatic heterocycles. The van der Waals surface area contributed by atoms with Crippen LogP contribution >= 0.6 is 12.4 Å². The Hall–Kier alpha value is -0.640. The van der Waals surface area contributed by atoms with Crippen LogP contribution in [0.2, 0.25) is 0 Å². The van der Waals surface area contributed by atoms with E-state index in [4.69, 9.17) is 11.5 Å². The van der Waals surface area contributed by atoms with Crippen molar-refractivity contribution in [3.63, 3.8) is 0 Å². The maximum atomic E-state index is 12.6. The fraction of sp³-hybridized carbons (Fsp3) is 0.455. The van der Waals surface area contributed by atoms with Gasteiger partial charge >= 0.3 is 0 Å². The smallest absolute Gasteiger partial charge is 0.123 e. The van der Waals surface area contributed by atoms with Crippen molar-refractivity contribution in [3.8, 4) is 0 Å². The summed E-state index contributed by atoms with van der Waals surface area (Å²) in [6.45, 7) is 0.705. The first-order chi connectivity index (χ1) is 6.74. The van der Waals surface area contributed by atoms with Crippen LogP contribution in [0.5, 0.6) is 0 Å². The molecule has 0 aliphatic carbocycles. The molecule has 0 radical (unpaired) electrons. The third-order valence-corrected chi connectivity index (χ3v) is 2.27. The van der Waals surface area contributed by atoms with Gasteiger partial charge in [-0.15, -0.1) is 12.4 Å². The molecule has 1 aromatic rings. The highest BCUT2D eigenvalue weighted by Gasteiger charge is 2.04. The topological polar surface area (TPSA) is 52.0 Å². The molecule has 0 bridgehead atoms. The molecule has 86 valence electrons. The molecule has 1 atom stereocenters. The van der Waals surface area contributed by atoms with Gasteiger partial charge < -0.3 is 11.5 Å². The lowest BCUT2D eigenvalue weighted by atomic mass is 10.0. The van der Waals surface area contributed by atoms with Gasteiger partial charge in [-0.3, -0.25) is 0 Å². The Morgan fingerprint density at radius 2 is 1.73 bits per heavy atom.